The first kappa shape index (κ1) is 28.2. The number of para-hydroxylation sites is 2. The highest BCUT2D eigenvalue weighted by Gasteiger charge is 2.18. The molecule has 0 saturated carbocycles. The zero-order valence-corrected chi connectivity index (χ0v) is 26.9. The van der Waals surface area contributed by atoms with Crippen LogP contribution >= 0.6 is 0 Å². The molecule has 0 aliphatic heterocycles. The van der Waals surface area contributed by atoms with Crippen molar-refractivity contribution >= 4 is 43.7 Å². The van der Waals surface area contributed by atoms with E-state index in [0.29, 0.717) is 17.5 Å². The van der Waals surface area contributed by atoms with Gasteiger partial charge in [0.2, 0.25) is 0 Å². The smallest absolute Gasteiger partial charge is 0.164 e. The Hall–Kier alpha value is -6.85. The van der Waals surface area contributed by atoms with E-state index in [2.05, 4.69) is 108 Å². The molecule has 0 saturated heterocycles. The topological polar surface area (TPSA) is 56.7 Å². The quantitative estimate of drug-likeness (QED) is 0.188. The number of rotatable bonds is 5. The van der Waals surface area contributed by atoms with Crippen molar-refractivity contribution in [1.29, 1.82) is 0 Å². The summed E-state index contributed by atoms with van der Waals surface area (Å²) >= 11 is 0. The Morgan fingerprint density at radius 3 is 1.66 bits per heavy atom. The zero-order valence-electron chi connectivity index (χ0n) is 26.9. The van der Waals surface area contributed by atoms with E-state index >= 15 is 0 Å². The molecule has 5 nitrogen and oxygen atoms in total. The number of furan rings is 1. The first-order chi connectivity index (χ1) is 24.8. The number of benzene rings is 7. The summed E-state index contributed by atoms with van der Waals surface area (Å²) in [4.78, 5) is 14.9. The van der Waals surface area contributed by atoms with Gasteiger partial charge in [0.1, 0.15) is 11.2 Å². The summed E-state index contributed by atoms with van der Waals surface area (Å²) in [6.45, 7) is 0. The highest BCUT2D eigenvalue weighted by molar-refractivity contribution is 6.12. The molecule has 10 aromatic rings. The van der Waals surface area contributed by atoms with E-state index in [1.165, 1.54) is 0 Å². The molecule has 7 aromatic carbocycles. The molecule has 10 rings (SSSR count). The average molecular weight is 641 g/mol. The fourth-order valence-electron chi connectivity index (χ4n) is 7.10. The van der Waals surface area contributed by atoms with Crippen LogP contribution in [-0.4, -0.2) is 19.5 Å². The van der Waals surface area contributed by atoms with E-state index in [4.69, 9.17) is 19.4 Å². The van der Waals surface area contributed by atoms with Crippen LogP contribution in [0.2, 0.25) is 0 Å². The van der Waals surface area contributed by atoms with Gasteiger partial charge in [-0.15, -0.1) is 0 Å². The Labute approximate surface area is 287 Å². The van der Waals surface area contributed by atoms with Gasteiger partial charge < -0.3 is 8.98 Å². The minimum absolute atomic E-state index is 0.634. The molecule has 0 unspecified atom stereocenters. The summed E-state index contributed by atoms with van der Waals surface area (Å²) in [5.74, 6) is 1.92. The fourth-order valence-corrected chi connectivity index (χ4v) is 7.10. The van der Waals surface area contributed by atoms with Crippen molar-refractivity contribution in [2.45, 2.75) is 0 Å². The van der Waals surface area contributed by atoms with Gasteiger partial charge in [0.05, 0.1) is 11.0 Å². The third kappa shape index (κ3) is 4.60. The Kier molecular flexibility index (Phi) is 6.42. The highest BCUT2D eigenvalue weighted by atomic mass is 16.3. The maximum absolute atomic E-state index is 6.64. The number of fused-ring (bicyclic) bond motifs is 6. The van der Waals surface area contributed by atoms with Gasteiger partial charge in [0, 0.05) is 55.6 Å². The summed E-state index contributed by atoms with van der Waals surface area (Å²) < 4.78 is 8.95. The molecule has 0 fully saturated rings. The second-order valence-corrected chi connectivity index (χ2v) is 12.5. The van der Waals surface area contributed by atoms with Crippen molar-refractivity contribution in [3.63, 3.8) is 0 Å². The van der Waals surface area contributed by atoms with Crippen molar-refractivity contribution in [3.05, 3.63) is 170 Å². The first-order valence-electron chi connectivity index (χ1n) is 16.7. The predicted molar refractivity (Wildman–Crippen MR) is 203 cm³/mol. The SMILES string of the molecule is c1ccc(-c2nc(-c3ccccc3)nc(-c3ccc4c(c3)c3ccccc3n4-c3ccc4c(c3)oc3c(-c5ccccc5)cccc34)n2)cc1. The molecule has 3 aromatic heterocycles. The van der Waals surface area contributed by atoms with Crippen LogP contribution in [-0.2, 0) is 0 Å². The Morgan fingerprint density at radius 1 is 0.380 bits per heavy atom. The molecule has 0 amide bonds. The van der Waals surface area contributed by atoms with Crippen LogP contribution in [0.1, 0.15) is 0 Å². The lowest BCUT2D eigenvalue weighted by Crippen LogP contribution is -2.00. The molecule has 0 N–H and O–H groups in total. The number of nitrogens with zero attached hydrogens (tertiary/aromatic N) is 4. The third-order valence-corrected chi connectivity index (χ3v) is 9.46. The predicted octanol–water partition coefficient (Wildman–Crippen LogP) is 11.5. The molecule has 0 radical (unpaired) electrons. The van der Waals surface area contributed by atoms with Crippen LogP contribution in [0.15, 0.2) is 174 Å². The summed E-state index contributed by atoms with van der Waals surface area (Å²) in [6, 6.07) is 58.5. The monoisotopic (exact) mass is 640 g/mol. The van der Waals surface area contributed by atoms with Crippen molar-refractivity contribution in [2.24, 2.45) is 0 Å². The van der Waals surface area contributed by atoms with Crippen molar-refractivity contribution < 1.29 is 4.42 Å². The van der Waals surface area contributed by atoms with Gasteiger partial charge in [-0.3, -0.25) is 0 Å². The maximum Gasteiger partial charge on any atom is 0.164 e. The van der Waals surface area contributed by atoms with Crippen molar-refractivity contribution in [3.8, 4) is 51.0 Å². The van der Waals surface area contributed by atoms with Crippen LogP contribution in [0.3, 0.4) is 0 Å². The van der Waals surface area contributed by atoms with Gasteiger partial charge in [-0.25, -0.2) is 15.0 Å². The number of hydrogen-bond acceptors (Lipinski definition) is 4. The van der Waals surface area contributed by atoms with E-state index in [1.54, 1.807) is 0 Å². The minimum Gasteiger partial charge on any atom is -0.455 e. The third-order valence-electron chi connectivity index (χ3n) is 9.46. The number of aromatic nitrogens is 4. The molecule has 5 heteroatoms. The molecule has 0 spiro atoms. The summed E-state index contributed by atoms with van der Waals surface area (Å²) in [5.41, 5.74) is 10.1. The van der Waals surface area contributed by atoms with Crippen LogP contribution < -0.4 is 0 Å². The molecular formula is C45H28N4O. The molecule has 0 aliphatic rings. The van der Waals surface area contributed by atoms with Gasteiger partial charge in [-0.2, -0.15) is 0 Å². The molecule has 0 bridgehead atoms. The number of hydrogen-bond donors (Lipinski definition) is 0. The van der Waals surface area contributed by atoms with Gasteiger partial charge in [-0.05, 0) is 42.0 Å². The van der Waals surface area contributed by atoms with E-state index in [0.717, 1.165) is 77.2 Å². The van der Waals surface area contributed by atoms with Gasteiger partial charge in [0.25, 0.3) is 0 Å². The molecule has 0 aliphatic carbocycles. The highest BCUT2D eigenvalue weighted by Crippen LogP contribution is 2.39. The maximum atomic E-state index is 6.64. The second kappa shape index (κ2) is 11.4. The Balaban J connectivity index is 1.15. The minimum atomic E-state index is 0.634. The van der Waals surface area contributed by atoms with Crippen molar-refractivity contribution in [1.82, 2.24) is 19.5 Å². The van der Waals surface area contributed by atoms with Gasteiger partial charge in [0.15, 0.2) is 17.5 Å². The molecule has 3 heterocycles. The second-order valence-electron chi connectivity index (χ2n) is 12.5. The Bertz CT molecular complexity index is 2800. The summed E-state index contributed by atoms with van der Waals surface area (Å²) in [7, 11) is 0. The summed E-state index contributed by atoms with van der Waals surface area (Å²) in [5, 5.41) is 4.49. The van der Waals surface area contributed by atoms with Gasteiger partial charge in [-0.1, -0.05) is 127 Å². The largest absolute Gasteiger partial charge is 0.455 e. The normalized spacial score (nSPS) is 11.6. The Morgan fingerprint density at radius 2 is 0.960 bits per heavy atom. The molecule has 234 valence electrons. The van der Waals surface area contributed by atoms with Crippen LogP contribution in [0.4, 0.5) is 0 Å². The van der Waals surface area contributed by atoms with Crippen LogP contribution in [0.25, 0.3) is 94.7 Å². The average Bonchev–Trinajstić information content (AvgIpc) is 3.74. The zero-order chi connectivity index (χ0) is 33.0. The van der Waals surface area contributed by atoms with E-state index in [1.807, 2.05) is 66.7 Å². The van der Waals surface area contributed by atoms with Crippen LogP contribution in [0.5, 0.6) is 0 Å². The lowest BCUT2D eigenvalue weighted by atomic mass is 10.0. The van der Waals surface area contributed by atoms with E-state index in [9.17, 15) is 0 Å². The summed E-state index contributed by atoms with van der Waals surface area (Å²) in [6.07, 6.45) is 0. The van der Waals surface area contributed by atoms with E-state index < -0.39 is 0 Å². The van der Waals surface area contributed by atoms with E-state index in [-0.39, 0.29) is 0 Å². The fraction of sp³-hybridized carbons (Fsp3) is 0. The first-order valence-corrected chi connectivity index (χ1v) is 16.7. The van der Waals surface area contributed by atoms with Gasteiger partial charge >= 0.3 is 0 Å². The molecule has 50 heavy (non-hydrogen) atoms. The molecule has 0 atom stereocenters. The van der Waals surface area contributed by atoms with Crippen LogP contribution in [0, 0.1) is 0 Å². The van der Waals surface area contributed by atoms with Crippen molar-refractivity contribution in [2.75, 3.05) is 0 Å². The molecular weight excluding hydrogens is 613 g/mol. The standard InChI is InChI=1S/C45H28N4O/c1-4-13-29(14-5-1)34-20-12-21-37-36-25-24-33(28-41(36)50-42(34)37)49-39-22-11-10-19-35(39)38-27-32(23-26-40(38)49)45-47-43(30-15-6-2-7-16-30)46-44(48-45)31-17-8-3-9-18-31/h1-28H. The lowest BCUT2D eigenvalue weighted by molar-refractivity contribution is 0.669. The lowest BCUT2D eigenvalue weighted by Gasteiger charge is -2.10.